The second kappa shape index (κ2) is 5.83. The molecule has 1 aromatic rings. The van der Waals surface area contributed by atoms with Crippen LogP contribution in [0.5, 0.6) is 0 Å². The summed E-state index contributed by atoms with van der Waals surface area (Å²) in [7, 11) is 1.27. The van der Waals surface area contributed by atoms with Gasteiger partial charge in [0.25, 0.3) is 0 Å². The second-order valence-corrected chi connectivity index (χ2v) is 3.36. The molecule has 92 valence electrons. The van der Waals surface area contributed by atoms with E-state index in [4.69, 9.17) is 10.5 Å². The normalized spacial score (nSPS) is 9.76. The number of nitrogens with two attached hydrogens (primary N) is 1. The minimum atomic E-state index is -0.550. The molecule has 0 saturated heterocycles. The first kappa shape index (κ1) is 13.0. The Kier molecular flexibility index (Phi) is 4.45. The molecule has 0 amide bonds. The molecule has 0 aromatic carbocycles. The van der Waals surface area contributed by atoms with Gasteiger partial charge in [-0.3, -0.25) is 9.78 Å². The monoisotopic (exact) mass is 238 g/mol. The van der Waals surface area contributed by atoms with Gasteiger partial charge in [-0.15, -0.1) is 0 Å². The van der Waals surface area contributed by atoms with Crippen LogP contribution in [0.3, 0.4) is 0 Å². The molecule has 0 radical (unpaired) electrons. The zero-order valence-corrected chi connectivity index (χ0v) is 9.73. The molecule has 6 heteroatoms. The third-order valence-corrected chi connectivity index (χ3v) is 2.09. The van der Waals surface area contributed by atoms with Gasteiger partial charge in [-0.1, -0.05) is 0 Å². The summed E-state index contributed by atoms with van der Waals surface area (Å²) in [6.45, 7) is 1.65. The van der Waals surface area contributed by atoms with Crippen molar-refractivity contribution in [1.29, 1.82) is 0 Å². The van der Waals surface area contributed by atoms with E-state index in [1.165, 1.54) is 19.4 Å². The number of esters is 2. The molecule has 0 aliphatic carbocycles. The van der Waals surface area contributed by atoms with Crippen LogP contribution >= 0.6 is 0 Å². The number of anilines is 1. The fraction of sp³-hybridized carbons (Fsp3) is 0.364. The van der Waals surface area contributed by atoms with Gasteiger partial charge in [-0.05, 0) is 13.0 Å². The fourth-order valence-corrected chi connectivity index (χ4v) is 1.16. The lowest BCUT2D eigenvalue weighted by molar-refractivity contribution is -0.141. The number of nitrogens with zero attached hydrogens (tertiary/aromatic N) is 1. The summed E-state index contributed by atoms with van der Waals surface area (Å²) < 4.78 is 9.32. The van der Waals surface area contributed by atoms with Gasteiger partial charge < -0.3 is 15.2 Å². The zero-order chi connectivity index (χ0) is 12.8. The molecule has 17 heavy (non-hydrogen) atoms. The predicted octanol–water partition coefficient (Wildman–Crippen LogP) is 0.692. The lowest BCUT2D eigenvalue weighted by atomic mass is 10.2. The van der Waals surface area contributed by atoms with Gasteiger partial charge in [-0.2, -0.15) is 0 Å². The number of carbonyl (C=O) groups excluding carboxylic acids is 2. The van der Waals surface area contributed by atoms with Crippen LogP contribution in [0, 0.1) is 6.92 Å². The van der Waals surface area contributed by atoms with Crippen LogP contribution in [0.2, 0.25) is 0 Å². The molecule has 0 bridgehead atoms. The molecule has 0 fully saturated rings. The van der Waals surface area contributed by atoms with E-state index < -0.39 is 11.9 Å². The molecule has 0 aliphatic rings. The summed E-state index contributed by atoms with van der Waals surface area (Å²) in [5, 5.41) is 0. The first-order valence-corrected chi connectivity index (χ1v) is 5.00. The number of carbonyl (C=O) groups is 2. The topological polar surface area (TPSA) is 91.5 Å². The van der Waals surface area contributed by atoms with Crippen molar-refractivity contribution in [3.63, 3.8) is 0 Å². The lowest BCUT2D eigenvalue weighted by Gasteiger charge is -2.06. The molecule has 1 rings (SSSR count). The van der Waals surface area contributed by atoms with Crippen LogP contribution < -0.4 is 5.73 Å². The smallest absolute Gasteiger partial charge is 0.340 e. The van der Waals surface area contributed by atoms with Crippen molar-refractivity contribution < 1.29 is 19.1 Å². The van der Waals surface area contributed by atoms with Gasteiger partial charge >= 0.3 is 11.9 Å². The summed E-state index contributed by atoms with van der Waals surface area (Å²) in [5.74, 6) is -0.980. The number of methoxy groups -OCH3 is 1. The third kappa shape index (κ3) is 3.75. The van der Waals surface area contributed by atoms with Gasteiger partial charge in [0.2, 0.25) is 0 Å². The van der Waals surface area contributed by atoms with Gasteiger partial charge in [0.15, 0.2) is 0 Å². The number of hydrogen-bond acceptors (Lipinski definition) is 6. The van der Waals surface area contributed by atoms with E-state index in [1.54, 1.807) is 6.92 Å². The number of ether oxygens (including phenoxy) is 2. The molecule has 0 aliphatic heterocycles. The number of pyridine rings is 1. The maximum Gasteiger partial charge on any atom is 0.340 e. The molecule has 0 atom stereocenters. The zero-order valence-electron chi connectivity index (χ0n) is 9.73. The van der Waals surface area contributed by atoms with Crippen molar-refractivity contribution >= 4 is 17.6 Å². The molecule has 0 unspecified atom stereocenters. The highest BCUT2D eigenvalue weighted by molar-refractivity contribution is 5.91. The average molecular weight is 238 g/mol. The Bertz CT molecular complexity index is 431. The van der Waals surface area contributed by atoms with Crippen molar-refractivity contribution in [1.82, 2.24) is 4.98 Å². The van der Waals surface area contributed by atoms with Gasteiger partial charge in [0, 0.05) is 0 Å². The van der Waals surface area contributed by atoms with Crippen LogP contribution in [0.25, 0.3) is 0 Å². The van der Waals surface area contributed by atoms with Gasteiger partial charge in [0.05, 0.1) is 36.7 Å². The van der Waals surface area contributed by atoms with Crippen molar-refractivity contribution in [2.75, 3.05) is 19.5 Å². The highest BCUT2D eigenvalue weighted by atomic mass is 16.5. The van der Waals surface area contributed by atoms with Crippen LogP contribution in [0.15, 0.2) is 12.3 Å². The highest BCUT2D eigenvalue weighted by Gasteiger charge is 2.12. The Labute approximate surface area is 98.7 Å². The second-order valence-electron chi connectivity index (χ2n) is 3.36. The quantitative estimate of drug-likeness (QED) is 0.776. The molecule has 6 nitrogen and oxygen atoms in total. The Hall–Kier alpha value is -2.11. The van der Waals surface area contributed by atoms with Crippen LogP contribution in [-0.4, -0.2) is 30.6 Å². The number of nitrogen functional groups attached to an aromatic ring is 1. The third-order valence-electron chi connectivity index (χ3n) is 2.09. The molecule has 1 heterocycles. The molecule has 0 spiro atoms. The van der Waals surface area contributed by atoms with Crippen molar-refractivity contribution in [2.45, 2.75) is 13.3 Å². The van der Waals surface area contributed by atoms with Crippen molar-refractivity contribution in [3.8, 4) is 0 Å². The summed E-state index contributed by atoms with van der Waals surface area (Å²) in [6.07, 6.45) is 1.48. The number of aromatic nitrogens is 1. The minimum absolute atomic E-state index is 0.0248. The van der Waals surface area contributed by atoms with E-state index >= 15 is 0 Å². The van der Waals surface area contributed by atoms with Crippen LogP contribution in [-0.2, 0) is 14.3 Å². The lowest BCUT2D eigenvalue weighted by Crippen LogP contribution is -2.12. The van der Waals surface area contributed by atoms with Gasteiger partial charge in [-0.25, -0.2) is 4.79 Å². The first-order valence-electron chi connectivity index (χ1n) is 5.00. The van der Waals surface area contributed by atoms with Crippen LogP contribution in [0.4, 0.5) is 5.69 Å². The van der Waals surface area contributed by atoms with Crippen molar-refractivity contribution in [2.24, 2.45) is 0 Å². The summed E-state index contributed by atoms with van der Waals surface area (Å²) in [6, 6.07) is 1.49. The summed E-state index contributed by atoms with van der Waals surface area (Å²) in [4.78, 5) is 26.4. The number of hydrogen-bond donors (Lipinski definition) is 1. The van der Waals surface area contributed by atoms with Crippen LogP contribution in [0.1, 0.15) is 22.5 Å². The SMILES string of the molecule is COC(=O)CCOC(=O)c1cc(N)cnc1C. The highest BCUT2D eigenvalue weighted by Crippen LogP contribution is 2.11. The average Bonchev–Trinajstić information content (AvgIpc) is 2.31. The summed E-state index contributed by atoms with van der Waals surface area (Å²) >= 11 is 0. The Morgan fingerprint density at radius 3 is 2.82 bits per heavy atom. The molecular weight excluding hydrogens is 224 g/mol. The molecular formula is C11H14N2O4. The summed E-state index contributed by atoms with van der Waals surface area (Å²) in [5.41, 5.74) is 6.73. The van der Waals surface area contributed by atoms with Gasteiger partial charge in [0.1, 0.15) is 6.61 Å². The van der Waals surface area contributed by atoms with E-state index in [1.807, 2.05) is 0 Å². The molecule has 0 saturated carbocycles. The number of aryl methyl sites for hydroxylation is 1. The Balaban J connectivity index is 2.58. The van der Waals surface area contributed by atoms with E-state index in [0.717, 1.165) is 0 Å². The maximum atomic E-state index is 11.6. The molecule has 1 aromatic heterocycles. The molecule has 2 N–H and O–H groups in total. The fourth-order valence-electron chi connectivity index (χ4n) is 1.16. The number of rotatable bonds is 4. The van der Waals surface area contributed by atoms with E-state index in [9.17, 15) is 9.59 Å². The van der Waals surface area contributed by atoms with E-state index in [0.29, 0.717) is 16.9 Å². The Morgan fingerprint density at radius 2 is 2.18 bits per heavy atom. The standard InChI is InChI=1S/C11H14N2O4/c1-7-9(5-8(12)6-13-7)11(15)17-4-3-10(14)16-2/h5-6H,3-4,12H2,1-2H3. The maximum absolute atomic E-state index is 11.6. The Morgan fingerprint density at radius 1 is 1.47 bits per heavy atom. The van der Waals surface area contributed by atoms with E-state index in [-0.39, 0.29) is 13.0 Å². The predicted molar refractivity (Wildman–Crippen MR) is 60.3 cm³/mol. The van der Waals surface area contributed by atoms with E-state index in [2.05, 4.69) is 9.72 Å². The largest absolute Gasteiger partial charge is 0.469 e. The minimum Gasteiger partial charge on any atom is -0.469 e. The first-order chi connectivity index (χ1) is 8.04. The van der Waals surface area contributed by atoms with Crippen molar-refractivity contribution in [3.05, 3.63) is 23.5 Å².